The van der Waals surface area contributed by atoms with Crippen LogP contribution in [0.3, 0.4) is 0 Å². The van der Waals surface area contributed by atoms with Crippen molar-refractivity contribution in [3.05, 3.63) is 10.4 Å². The molecule has 10 rings (SSSR count). The number of aliphatic hydroxyl groups is 30. The largest absolute Gasteiger partial charge is 0.394 e. The van der Waals surface area contributed by atoms with Gasteiger partial charge in [0.15, 0.2) is 62.8 Å². The molecule has 10 saturated heterocycles. The zero-order valence-corrected chi connectivity index (χ0v) is 60.9. The molecule has 30 unspecified atom stereocenters. The Labute approximate surface area is 653 Å². The van der Waals surface area contributed by atoms with Crippen LogP contribution in [0.2, 0.25) is 0 Å². The number of nitrogens with zero attached hydrogens (tertiary/aromatic N) is 3. The van der Waals surface area contributed by atoms with E-state index in [4.69, 9.17) is 90.0 Å². The summed E-state index contributed by atoms with van der Waals surface area (Å²) in [7, 11) is 0. The minimum atomic E-state index is -2.59. The third-order valence-electron chi connectivity index (χ3n) is 21.4. The van der Waals surface area contributed by atoms with Gasteiger partial charge in [0.1, 0.15) is 238 Å². The molecular weight excluding hydrogens is 1600 g/mol. The van der Waals surface area contributed by atoms with Gasteiger partial charge >= 0.3 is 0 Å². The SMILES string of the molecule is CC(=O)NC1[C@@H](O)C(O[C@@H]2OC(CO[C@H]3OC(CO[C@H]4OC(CO)[C@@H](O)[C@H](O)C4O[C@H]4OC(CO)[C@@H](O)[C@H](O)C4O)C(O)[C@H](OC4OC(CO)[C@@H](O)C(O)C4OC4OC(CO)[C@@H](O)C(O)C4O)C3O)C(O)[C@H](O[C@H]3OC(CO)[C@@H](O)C(O)C3O[C@H]3OC(CO)[C@@H](O)C(O)C3O[C@H]3OC(CO)[C@@H](O)C(O)C3O)C2O)C(CO)O[C@H]1N=[N+]=[N-]. The number of hydrogen-bond acceptors (Lipinski definition) is 51. The Bertz CT molecular complexity index is 3060. The number of carbonyl (C=O) groups is 1. The van der Waals surface area contributed by atoms with Crippen LogP contribution < -0.4 is 5.32 Å². The molecule has 10 fully saturated rings. The second-order valence-electron chi connectivity index (χ2n) is 29.0. The standard InChI is InChI=1S/C62H104N4O50/c1-12(75)64-23-33(85)46(20(9-74)100-53(23)65-66-63)110-58-45(97)48(112-61-52(40(92)30(82)18(7-72)106-61)116-62-51(39(91)29(81)19(8-73)107-62)115-57-43(95)36(88)26(78)15(4-69)103-57)32(84)22(109-58)10-98-54-44(96)47(111-60-50(38(90)28(80)17(6-71)105-60)114-56-42(94)35(87)25(77)14(3-68)102-56)31(83)21(108-54)11-99-59-49(37(89)27(79)16(5-70)104-59)113-55-41(93)34(86)24(76)13(2-67)101-55/h13-62,67-74,76-97H,2-11H2,1H3,(H,64,75)/t13?,14?,15?,16?,17?,18?,19?,20?,21?,22?,23?,24-,25-,26-,27-,28-,29-,30-,31?,32?,33-,34+,35?,36?,37+,38?,39?,40?,41?,42?,43?,44?,45?,46?,47+,48+,49?,50?,51?,52?,53-,54+,55-,56?,57-,58+,59+,60?,61-,62-/m1/s1. The van der Waals surface area contributed by atoms with Gasteiger partial charge in [0.05, 0.1) is 72.1 Å². The first-order valence-corrected chi connectivity index (χ1v) is 36.6. The minimum absolute atomic E-state index is 0.888. The van der Waals surface area contributed by atoms with Gasteiger partial charge in [0.2, 0.25) is 5.91 Å². The smallest absolute Gasteiger partial charge is 0.217 e. The van der Waals surface area contributed by atoms with Crippen LogP contribution in [-0.4, -0.2) is 532 Å². The van der Waals surface area contributed by atoms with Crippen molar-refractivity contribution in [1.29, 1.82) is 0 Å². The highest BCUT2D eigenvalue weighted by Crippen LogP contribution is 2.41. The molecule has 0 aliphatic carbocycles. The Morgan fingerprint density at radius 1 is 0.276 bits per heavy atom. The molecule has 0 saturated carbocycles. The van der Waals surface area contributed by atoms with Crippen molar-refractivity contribution in [2.75, 3.05) is 66.1 Å². The second-order valence-corrected chi connectivity index (χ2v) is 29.0. The molecule has 0 aromatic carbocycles. The van der Waals surface area contributed by atoms with Crippen LogP contribution in [-0.2, 0) is 94.8 Å². The van der Waals surface area contributed by atoms with Crippen LogP contribution in [0.4, 0.5) is 0 Å². The van der Waals surface area contributed by atoms with Gasteiger partial charge in [-0.3, -0.25) is 4.79 Å². The van der Waals surface area contributed by atoms with E-state index in [1.165, 1.54) is 0 Å². The van der Waals surface area contributed by atoms with Crippen molar-refractivity contribution in [3.8, 4) is 0 Å². The van der Waals surface area contributed by atoms with E-state index in [1.54, 1.807) is 0 Å². The predicted molar refractivity (Wildman–Crippen MR) is 348 cm³/mol. The zero-order chi connectivity index (χ0) is 85.1. The van der Waals surface area contributed by atoms with Gasteiger partial charge in [-0.15, -0.1) is 0 Å². The maximum Gasteiger partial charge on any atom is 0.217 e. The van der Waals surface area contributed by atoms with Crippen molar-refractivity contribution >= 4 is 5.91 Å². The Balaban J connectivity index is 1.01. The highest BCUT2D eigenvalue weighted by Gasteiger charge is 2.61. The first-order valence-electron chi connectivity index (χ1n) is 36.6. The quantitative estimate of drug-likeness (QED) is 0.0180. The molecule has 1 amide bonds. The van der Waals surface area contributed by atoms with Crippen LogP contribution in [0.5, 0.6) is 0 Å². The van der Waals surface area contributed by atoms with Gasteiger partial charge in [0.25, 0.3) is 0 Å². The van der Waals surface area contributed by atoms with E-state index in [1.807, 2.05) is 0 Å². The monoisotopic (exact) mass is 1700 g/mol. The topological polar surface area (TPSA) is 860 Å². The highest BCUT2D eigenvalue weighted by molar-refractivity contribution is 5.73. The molecule has 54 heteroatoms. The maximum absolute atomic E-state index is 12.6. The summed E-state index contributed by atoms with van der Waals surface area (Å²) in [6.07, 6.45) is -107. The van der Waals surface area contributed by atoms with Crippen molar-refractivity contribution in [2.45, 2.75) is 314 Å². The second kappa shape index (κ2) is 41.5. The van der Waals surface area contributed by atoms with Gasteiger partial charge in [-0.25, -0.2) is 0 Å². The van der Waals surface area contributed by atoms with E-state index in [2.05, 4.69) is 15.3 Å². The summed E-state index contributed by atoms with van der Waals surface area (Å²) in [6.45, 7) is -10.4. The summed E-state index contributed by atoms with van der Waals surface area (Å²) in [5.41, 5.74) is 9.42. The van der Waals surface area contributed by atoms with Gasteiger partial charge < -0.3 is 249 Å². The number of hydrogen-bond donors (Lipinski definition) is 31. The van der Waals surface area contributed by atoms with Crippen LogP contribution in [0.25, 0.3) is 10.4 Å². The first-order chi connectivity index (χ1) is 55.1. The average molecular weight is 1710 g/mol. The molecule has 10 aliphatic rings. The van der Waals surface area contributed by atoms with Gasteiger partial charge in [0, 0.05) is 11.8 Å². The molecular formula is C62H104N4O50. The summed E-state index contributed by atoms with van der Waals surface area (Å²) in [6, 6.07) is -1.77. The van der Waals surface area contributed by atoms with Gasteiger partial charge in [-0.05, 0) is 5.53 Å². The van der Waals surface area contributed by atoms with E-state index in [-0.39, 0.29) is 0 Å². The number of azide groups is 1. The van der Waals surface area contributed by atoms with Gasteiger partial charge in [-0.1, -0.05) is 5.11 Å². The summed E-state index contributed by atoms with van der Waals surface area (Å²) in [5, 5.41) is 337. The lowest BCUT2D eigenvalue weighted by Crippen LogP contribution is -2.69. The zero-order valence-electron chi connectivity index (χ0n) is 60.9. The Kier molecular flexibility index (Phi) is 34.0. The molecule has 10 heterocycles. The lowest BCUT2D eigenvalue weighted by molar-refractivity contribution is -0.407. The molecule has 0 radical (unpaired) electrons. The van der Waals surface area contributed by atoms with Crippen molar-refractivity contribution in [3.63, 3.8) is 0 Å². The van der Waals surface area contributed by atoms with Crippen LogP contribution >= 0.6 is 0 Å². The van der Waals surface area contributed by atoms with Crippen LogP contribution in [0.15, 0.2) is 5.11 Å². The van der Waals surface area contributed by atoms with E-state index in [0.29, 0.717) is 0 Å². The van der Waals surface area contributed by atoms with Crippen molar-refractivity contribution < 1.29 is 248 Å². The fourth-order valence-electron chi connectivity index (χ4n) is 14.7. The number of carbonyl (C=O) groups excluding carboxylic acids is 1. The summed E-state index contributed by atoms with van der Waals surface area (Å²) >= 11 is 0. The third-order valence-corrected chi connectivity index (χ3v) is 21.4. The Morgan fingerprint density at radius 2 is 0.526 bits per heavy atom. The van der Waals surface area contributed by atoms with E-state index >= 15 is 0 Å². The van der Waals surface area contributed by atoms with Crippen molar-refractivity contribution in [1.82, 2.24) is 5.32 Å². The molecule has 0 bridgehead atoms. The molecule has 10 aliphatic heterocycles. The Morgan fingerprint density at radius 3 is 0.853 bits per heavy atom. The number of aliphatic hydroxyl groups excluding tert-OH is 30. The average Bonchev–Trinajstić information content (AvgIpc) is 0.774. The minimum Gasteiger partial charge on any atom is -0.394 e. The van der Waals surface area contributed by atoms with E-state index in [9.17, 15) is 164 Å². The maximum atomic E-state index is 12.6. The lowest BCUT2D eigenvalue weighted by Gasteiger charge is -2.50. The molecule has 0 aromatic heterocycles. The number of ether oxygens (including phenoxy) is 19. The van der Waals surface area contributed by atoms with E-state index in [0.717, 1.165) is 6.92 Å². The van der Waals surface area contributed by atoms with Crippen LogP contribution in [0, 0.1) is 0 Å². The molecule has 31 N–H and O–H groups in total. The first kappa shape index (κ1) is 95.1. The van der Waals surface area contributed by atoms with Crippen LogP contribution in [0.1, 0.15) is 6.92 Å². The summed E-state index contributed by atoms with van der Waals surface area (Å²) in [4.78, 5) is 15.2. The summed E-state index contributed by atoms with van der Waals surface area (Å²) < 4.78 is 111. The van der Waals surface area contributed by atoms with Gasteiger partial charge in [-0.2, -0.15) is 0 Å². The molecule has 0 spiro atoms. The summed E-state index contributed by atoms with van der Waals surface area (Å²) in [5.74, 6) is -0.888. The molecule has 0 aromatic rings. The third kappa shape index (κ3) is 20.1. The fourth-order valence-corrected chi connectivity index (χ4v) is 14.7. The molecule has 116 heavy (non-hydrogen) atoms. The van der Waals surface area contributed by atoms with Crippen molar-refractivity contribution in [2.24, 2.45) is 5.11 Å². The normalized spacial score (nSPS) is 51.8. The molecule has 50 atom stereocenters. The lowest BCUT2D eigenvalue weighted by atomic mass is 9.94. The fraction of sp³-hybridized carbons (Fsp3) is 0.984. The number of nitrogens with one attached hydrogen (secondary N) is 1. The Hall–Kier alpha value is -3.18. The highest BCUT2D eigenvalue weighted by atomic mass is 16.8. The predicted octanol–water partition coefficient (Wildman–Crippen LogP) is -21.3. The number of rotatable bonds is 30. The van der Waals surface area contributed by atoms with E-state index < -0.39 is 379 Å². The molecule has 54 nitrogen and oxygen atoms in total. The number of amides is 1. The molecule has 672 valence electrons.